The second-order valence-corrected chi connectivity index (χ2v) is 15.4. The molecular weight excluding hydrogens is 705 g/mol. The third-order valence-electron chi connectivity index (χ3n) is 8.82. The first-order valence-corrected chi connectivity index (χ1v) is 20.6. The zero-order chi connectivity index (χ0) is 37.5. The van der Waals surface area contributed by atoms with Crippen molar-refractivity contribution in [1.82, 2.24) is 0 Å². The Hall–Kier alpha value is -4.28. The molecule has 7 nitrogen and oxygen atoms in total. The Bertz CT molecular complexity index is 1980. The van der Waals surface area contributed by atoms with E-state index in [1.807, 2.05) is 72.8 Å². The summed E-state index contributed by atoms with van der Waals surface area (Å²) >= 11 is 1.33. The van der Waals surface area contributed by atoms with Crippen LogP contribution in [0.4, 0.5) is 0 Å². The summed E-state index contributed by atoms with van der Waals surface area (Å²) in [5.41, 5.74) is 3.48. The molecule has 0 heterocycles. The smallest absolute Gasteiger partial charge is 0.340 e. The summed E-state index contributed by atoms with van der Waals surface area (Å²) in [6.07, 6.45) is 6.82. The quantitative estimate of drug-likeness (QED) is 0.0585. The minimum absolute atomic E-state index is 0.0231. The second kappa shape index (κ2) is 20.3. The number of rotatable bonds is 21. The summed E-state index contributed by atoms with van der Waals surface area (Å²) in [5.74, 6) is 1.68. The van der Waals surface area contributed by atoms with Crippen molar-refractivity contribution in [2.45, 2.75) is 86.2 Å². The molecule has 0 radical (unpaired) electrons. The van der Waals surface area contributed by atoms with Gasteiger partial charge in [-0.1, -0.05) is 112 Å². The van der Waals surface area contributed by atoms with Crippen LogP contribution in [0.3, 0.4) is 0 Å². The first-order valence-electron chi connectivity index (χ1n) is 18.4. The van der Waals surface area contributed by atoms with Crippen molar-refractivity contribution in [3.05, 3.63) is 132 Å². The Morgan fingerprint density at radius 3 is 2.21 bits per heavy atom. The van der Waals surface area contributed by atoms with Gasteiger partial charge in [-0.15, -0.1) is 0 Å². The van der Waals surface area contributed by atoms with E-state index in [0.717, 1.165) is 41.9 Å². The molecule has 0 saturated heterocycles. The highest BCUT2D eigenvalue weighted by molar-refractivity contribution is 8.00. The summed E-state index contributed by atoms with van der Waals surface area (Å²) in [4.78, 5) is 1.38. The summed E-state index contributed by atoms with van der Waals surface area (Å²) < 4.78 is 51.0. The van der Waals surface area contributed by atoms with Crippen LogP contribution >= 0.6 is 11.8 Å². The topological polar surface area (TPSA) is 91.3 Å². The van der Waals surface area contributed by atoms with Gasteiger partial charge >= 0.3 is 10.1 Å². The van der Waals surface area contributed by atoms with E-state index in [-0.39, 0.29) is 10.6 Å². The highest BCUT2D eigenvalue weighted by Crippen LogP contribution is 2.40. The van der Waals surface area contributed by atoms with E-state index in [4.69, 9.17) is 18.4 Å². The van der Waals surface area contributed by atoms with Crippen molar-refractivity contribution in [2.24, 2.45) is 0 Å². The van der Waals surface area contributed by atoms with Gasteiger partial charge in [-0.2, -0.15) is 8.42 Å². The van der Waals surface area contributed by atoms with Crippen LogP contribution in [0.2, 0.25) is 0 Å². The monoisotopic (exact) mass is 754 g/mol. The van der Waals surface area contributed by atoms with Gasteiger partial charge in [-0.25, -0.2) is 0 Å². The summed E-state index contributed by atoms with van der Waals surface area (Å²) in [7, 11) is -2.64. The van der Waals surface area contributed by atoms with E-state index in [9.17, 15) is 13.5 Å². The van der Waals surface area contributed by atoms with Crippen molar-refractivity contribution in [2.75, 3.05) is 20.3 Å². The zero-order valence-electron chi connectivity index (χ0n) is 30.8. The van der Waals surface area contributed by atoms with Gasteiger partial charge in [0.15, 0.2) is 0 Å². The number of para-hydroxylation sites is 1. The molecule has 0 spiro atoms. The molecular formula is C44H50O7S2. The molecule has 0 bridgehead atoms. The average molecular weight is 755 g/mol. The van der Waals surface area contributed by atoms with Crippen molar-refractivity contribution >= 4 is 21.9 Å². The summed E-state index contributed by atoms with van der Waals surface area (Å²) in [5, 5.41) is 11.8. The molecule has 5 aromatic carbocycles. The molecule has 53 heavy (non-hydrogen) atoms. The predicted octanol–water partition coefficient (Wildman–Crippen LogP) is 11.0. The minimum atomic E-state index is -4.27. The SMILES string of the molecule is CCCCCCCOCc1cc(C(O)c2ccccc2-c2ccc(Sc3ccc(OCCCC)cc3)c(S(=O)(=O)Oc3ccccc3)c2)ccc1OC. The fraction of sp³-hybridized carbons (Fsp3) is 0.318. The second-order valence-electron chi connectivity index (χ2n) is 12.8. The van der Waals surface area contributed by atoms with E-state index >= 15 is 0 Å². The highest BCUT2D eigenvalue weighted by atomic mass is 32.2. The van der Waals surface area contributed by atoms with Gasteiger partial charge in [0.05, 0.1) is 20.3 Å². The third kappa shape index (κ3) is 11.4. The van der Waals surface area contributed by atoms with Crippen molar-refractivity contribution in [1.29, 1.82) is 0 Å². The van der Waals surface area contributed by atoms with Gasteiger partial charge in [0.2, 0.25) is 0 Å². The van der Waals surface area contributed by atoms with Gasteiger partial charge in [0, 0.05) is 22.0 Å². The number of hydrogen-bond donors (Lipinski definition) is 1. The number of methoxy groups -OCH3 is 1. The van der Waals surface area contributed by atoms with E-state index < -0.39 is 16.2 Å². The molecule has 1 atom stereocenters. The standard InChI is InChI=1S/C44H50O7S2/c1-4-6-8-9-15-28-49-32-35-30-34(20-26-41(35)48-3)44(45)40-19-14-13-18-39(40)33-21-27-42(52-38-24-22-36(23-25-38)50-29-7-5-2)43(31-33)53(46,47)51-37-16-11-10-12-17-37/h10-14,16-27,30-31,44-45H,4-9,15,28-29,32H2,1-3H3. The third-order valence-corrected chi connectivity index (χ3v) is 11.3. The molecule has 0 aliphatic heterocycles. The molecule has 1 unspecified atom stereocenters. The molecule has 280 valence electrons. The molecule has 9 heteroatoms. The van der Waals surface area contributed by atoms with Gasteiger partial charge < -0.3 is 23.5 Å². The lowest BCUT2D eigenvalue weighted by Crippen LogP contribution is -2.11. The van der Waals surface area contributed by atoms with E-state index in [1.165, 1.54) is 31.0 Å². The maximum Gasteiger partial charge on any atom is 0.340 e. The molecule has 1 N–H and O–H groups in total. The number of benzene rings is 5. The fourth-order valence-corrected chi connectivity index (χ4v) is 8.21. The van der Waals surface area contributed by atoms with E-state index in [1.54, 1.807) is 49.6 Å². The Balaban J connectivity index is 1.44. The van der Waals surface area contributed by atoms with Crippen LogP contribution in [-0.2, 0) is 21.5 Å². The molecule has 0 saturated carbocycles. The van der Waals surface area contributed by atoms with Crippen LogP contribution < -0.4 is 13.7 Å². The fourth-order valence-electron chi connectivity index (χ4n) is 5.92. The minimum Gasteiger partial charge on any atom is -0.496 e. The van der Waals surface area contributed by atoms with Gasteiger partial charge in [-0.05, 0) is 95.8 Å². The largest absolute Gasteiger partial charge is 0.496 e. The first kappa shape index (κ1) is 39.9. The average Bonchev–Trinajstić information content (AvgIpc) is 3.18. The molecule has 5 rings (SSSR count). The van der Waals surface area contributed by atoms with Crippen LogP contribution in [0.1, 0.15) is 81.6 Å². The van der Waals surface area contributed by atoms with Crippen LogP contribution in [0.25, 0.3) is 11.1 Å². The maximum absolute atomic E-state index is 14.0. The van der Waals surface area contributed by atoms with Crippen molar-refractivity contribution < 1.29 is 31.9 Å². The van der Waals surface area contributed by atoms with Crippen LogP contribution in [0.15, 0.2) is 130 Å². The first-order chi connectivity index (χ1) is 25.8. The number of ether oxygens (including phenoxy) is 3. The Labute approximate surface area is 319 Å². The maximum atomic E-state index is 14.0. The number of aliphatic hydroxyl groups excluding tert-OH is 1. The van der Waals surface area contributed by atoms with Gasteiger partial charge in [0.25, 0.3) is 0 Å². The summed E-state index contributed by atoms with van der Waals surface area (Å²) in [6, 6.07) is 34.5. The molecule has 0 fully saturated rings. The van der Waals surface area contributed by atoms with Crippen LogP contribution in [0, 0.1) is 0 Å². The van der Waals surface area contributed by atoms with Crippen molar-refractivity contribution in [3.63, 3.8) is 0 Å². The zero-order valence-corrected chi connectivity index (χ0v) is 32.5. The highest BCUT2D eigenvalue weighted by Gasteiger charge is 2.25. The van der Waals surface area contributed by atoms with E-state index in [2.05, 4.69) is 13.8 Å². The van der Waals surface area contributed by atoms with Crippen molar-refractivity contribution in [3.8, 4) is 28.4 Å². The summed E-state index contributed by atoms with van der Waals surface area (Å²) in [6.45, 7) is 6.00. The lowest BCUT2D eigenvalue weighted by molar-refractivity contribution is 0.114. The number of hydrogen-bond acceptors (Lipinski definition) is 8. The lowest BCUT2D eigenvalue weighted by Gasteiger charge is -2.19. The molecule has 5 aromatic rings. The van der Waals surface area contributed by atoms with Crippen LogP contribution in [-0.4, -0.2) is 33.8 Å². The Kier molecular flexibility index (Phi) is 15.3. The lowest BCUT2D eigenvalue weighted by atomic mass is 9.92. The van der Waals surface area contributed by atoms with Gasteiger partial charge in [-0.3, -0.25) is 0 Å². The predicted molar refractivity (Wildman–Crippen MR) is 213 cm³/mol. The van der Waals surface area contributed by atoms with Crippen LogP contribution in [0.5, 0.6) is 17.2 Å². The molecule has 0 aliphatic rings. The molecule has 0 amide bonds. The number of unbranched alkanes of at least 4 members (excludes halogenated alkanes) is 5. The number of aliphatic hydroxyl groups is 1. The van der Waals surface area contributed by atoms with Gasteiger partial charge in [0.1, 0.15) is 28.2 Å². The molecule has 0 aliphatic carbocycles. The Morgan fingerprint density at radius 1 is 0.717 bits per heavy atom. The molecule has 0 aromatic heterocycles. The Morgan fingerprint density at radius 2 is 1.45 bits per heavy atom. The van der Waals surface area contributed by atoms with E-state index in [0.29, 0.717) is 52.7 Å². The normalized spacial score (nSPS) is 12.0.